The molecular formula is C94H186O19. The Labute approximate surface area is 696 Å². The van der Waals surface area contributed by atoms with Crippen molar-refractivity contribution in [2.75, 3.05) is 108 Å². The van der Waals surface area contributed by atoms with Gasteiger partial charge in [-0.05, 0) is 65.2 Å². The van der Waals surface area contributed by atoms with Crippen LogP contribution in [0, 0.1) is 77.8 Å². The van der Waals surface area contributed by atoms with Crippen LogP contribution < -0.4 is 0 Å². The fraction of sp³-hybridized carbons (Fsp3) is 0.894. The highest BCUT2D eigenvalue weighted by atomic mass is 16.5. The van der Waals surface area contributed by atoms with Crippen LogP contribution in [0.3, 0.4) is 0 Å². The number of ketones is 10. The Morgan fingerprint density at radius 1 is 0.319 bits per heavy atom. The number of hydrogen-bond acceptors (Lipinski definition) is 19. The molecule has 19 heteroatoms. The molecular weight excluding hydrogens is 1430 g/mol. The molecule has 2 rings (SSSR count). The van der Waals surface area contributed by atoms with Crippen molar-refractivity contribution in [1.29, 1.82) is 0 Å². The van der Waals surface area contributed by atoms with Crippen molar-refractivity contribution < 1.29 is 90.6 Å². The normalized spacial score (nSPS) is 14.7. The Hall–Kier alpha value is -3.66. The maximum absolute atomic E-state index is 11.8. The third-order valence-electron chi connectivity index (χ3n) is 17.5. The van der Waals surface area contributed by atoms with Gasteiger partial charge in [0.05, 0.1) is 39.6 Å². The van der Waals surface area contributed by atoms with Gasteiger partial charge in [0, 0.05) is 146 Å². The molecule has 4 atom stereocenters. The van der Waals surface area contributed by atoms with Crippen molar-refractivity contribution in [2.45, 2.75) is 366 Å². The molecule has 0 amide bonds. The molecule has 0 aromatic rings. The number of carbonyl (C=O) groups is 10. The summed E-state index contributed by atoms with van der Waals surface area (Å²) >= 11 is 0. The van der Waals surface area contributed by atoms with E-state index in [1.165, 1.54) is 19.3 Å². The second-order valence-corrected chi connectivity index (χ2v) is 39.9. The van der Waals surface area contributed by atoms with Crippen molar-refractivity contribution in [3.8, 4) is 0 Å². The molecule has 1 aliphatic carbocycles. The maximum Gasteiger partial charge on any atom is 0.166 e. The lowest BCUT2D eigenvalue weighted by molar-refractivity contribution is -0.138. The summed E-state index contributed by atoms with van der Waals surface area (Å²) < 4.78 is 45.3. The third-order valence-corrected chi connectivity index (χ3v) is 17.5. The van der Waals surface area contributed by atoms with E-state index in [9.17, 15) is 47.9 Å². The Balaban J connectivity index is -0.000000152. The molecule has 676 valence electrons. The molecule has 0 radical (unpaired) electrons. The summed E-state index contributed by atoms with van der Waals surface area (Å²) in [6.07, 6.45) is 12.4. The number of methoxy groups -OCH3 is 4. The summed E-state index contributed by atoms with van der Waals surface area (Å²) in [4.78, 5) is 114. The Morgan fingerprint density at radius 2 is 0.628 bits per heavy atom. The lowest BCUT2D eigenvalue weighted by Crippen LogP contribution is -2.33. The van der Waals surface area contributed by atoms with Crippen LogP contribution in [0.2, 0.25) is 0 Å². The van der Waals surface area contributed by atoms with Crippen molar-refractivity contribution in [3.05, 3.63) is 0 Å². The molecule has 0 bridgehead atoms. The van der Waals surface area contributed by atoms with Gasteiger partial charge in [-0.15, -0.1) is 0 Å². The van der Waals surface area contributed by atoms with Crippen LogP contribution in [0.15, 0.2) is 0 Å². The smallest absolute Gasteiger partial charge is 0.166 e. The molecule has 1 saturated heterocycles. The summed E-state index contributed by atoms with van der Waals surface area (Å²) in [5.74, 6) is 3.59. The van der Waals surface area contributed by atoms with Gasteiger partial charge in [-0.1, -0.05) is 276 Å². The molecule has 19 nitrogen and oxygen atoms in total. The average molecular weight is 1620 g/mol. The van der Waals surface area contributed by atoms with E-state index in [1.807, 2.05) is 256 Å². The average Bonchev–Trinajstić information content (AvgIpc) is 0.845. The molecule has 1 saturated carbocycles. The summed E-state index contributed by atoms with van der Waals surface area (Å²) in [6.45, 7) is 80.3. The van der Waals surface area contributed by atoms with Crippen LogP contribution in [0.5, 0.6) is 0 Å². The Morgan fingerprint density at radius 3 is 0.903 bits per heavy atom. The zero-order chi connectivity index (χ0) is 90.3. The summed E-state index contributed by atoms with van der Waals surface area (Å²) in [6, 6.07) is 0. The van der Waals surface area contributed by atoms with Gasteiger partial charge < -0.3 is 42.6 Å². The minimum atomic E-state index is -0.338. The highest BCUT2D eigenvalue weighted by Crippen LogP contribution is 2.32. The zero-order valence-electron chi connectivity index (χ0n) is 80.9. The van der Waals surface area contributed by atoms with Gasteiger partial charge in [-0.3, -0.25) is 47.9 Å². The van der Waals surface area contributed by atoms with Crippen LogP contribution in [-0.2, 0) is 90.6 Å². The van der Waals surface area contributed by atoms with E-state index in [0.717, 1.165) is 71.0 Å². The highest BCUT2D eigenvalue weighted by molar-refractivity contribution is 5.90. The number of rotatable bonds is 30. The Bertz CT molecular complexity index is 2440. The van der Waals surface area contributed by atoms with Crippen LogP contribution in [0.25, 0.3) is 0 Å². The van der Waals surface area contributed by atoms with Crippen molar-refractivity contribution >= 4 is 57.8 Å². The van der Waals surface area contributed by atoms with Crippen molar-refractivity contribution in [1.82, 2.24) is 0 Å². The molecule has 0 aromatic carbocycles. The SMILES string of the molecule is C.CC(C)(C)C(=O)C1CCCCC1.CC(C)(C)C(=O)C1CCOCC1.CCC(C)C(=O)C(C)(C)C.CCCC(=O)C(C)(C)C.CCCOC(C)C(=O)C(C)(C)C.CCCOCC(=O)C(C)(C)C.COCC(C)C(=O)C(C)(C)C.COCCC(=O)C(C)(C)C.COCCOC(C)C(=O)C(C)(C)C.COCCOCC(=O)C(C)(C)C. The largest absolute Gasteiger partial charge is 0.384 e. The highest BCUT2D eigenvalue weighted by Gasteiger charge is 2.34. The van der Waals surface area contributed by atoms with Gasteiger partial charge in [-0.2, -0.15) is 0 Å². The number of Topliss-reactive ketones (excluding diaryl/α,β-unsaturated/α-hetero) is 10. The lowest BCUT2D eigenvalue weighted by Gasteiger charge is -2.27. The molecule has 0 spiro atoms. The third kappa shape index (κ3) is 74.4. The maximum atomic E-state index is 11.8. The van der Waals surface area contributed by atoms with Crippen LogP contribution in [-0.4, -0.2) is 178 Å². The standard InChI is InChI=1S/C11H20O.C10H20O3.C10H18O2.C10H20O2.C9H18O3.2C9H18O2.C9H18O.C8H16O2.C8H16O.CH4/c1-11(2,3)10(12)9-7-5-4-6-8-9;1-8(13-7-6-12-5)9(11)10(2,3)4;1-10(2,3)9(11)8-4-6-12-7-5-8;1-6-7-12-8(2)9(11)10(3,4)5;1-9(2,3)8(10)7-12-6-5-11-4;1-7(6-11-5)8(10)9(2,3)4;1-5-6-11-7-8(10)9(2,3)4;1-6-7(2)8(10)9(3,4)5;1-8(2,3)7(9)5-6-10-4;1-5-6-7(9)8(2,3)4;/h9H,4-8H2,1-3H3;8H,6-7H2,1-5H3;8H,4-7H2,1-3H3;8H,6-7H2,1-5H3;5-7H2,1-4H3;7H,6H2,1-5H3;5-7H2,1-4H3;7H,6H2,1-5H3;5-6H2,1-4H3;5-6H2,1-4H3;1H4. The van der Waals surface area contributed by atoms with E-state index in [1.54, 1.807) is 35.4 Å². The fourth-order valence-electron chi connectivity index (χ4n) is 9.73. The predicted octanol–water partition coefficient (Wildman–Crippen LogP) is 21.8. The van der Waals surface area contributed by atoms with Gasteiger partial charge in [0.1, 0.15) is 60.1 Å². The minimum absolute atomic E-state index is 0. The minimum Gasteiger partial charge on any atom is -0.384 e. The van der Waals surface area contributed by atoms with Crippen molar-refractivity contribution in [3.63, 3.8) is 0 Å². The molecule has 0 N–H and O–H groups in total. The number of ether oxygens (including phenoxy) is 9. The van der Waals surface area contributed by atoms with E-state index < -0.39 is 0 Å². The number of hydrogen-bond donors (Lipinski definition) is 0. The second-order valence-electron chi connectivity index (χ2n) is 39.9. The fourth-order valence-corrected chi connectivity index (χ4v) is 9.73. The Kier molecular flexibility index (Phi) is 73.6. The molecule has 1 aliphatic heterocycles. The van der Waals surface area contributed by atoms with E-state index in [0.29, 0.717) is 88.3 Å². The first kappa shape index (κ1) is 127. The monoisotopic (exact) mass is 1620 g/mol. The van der Waals surface area contributed by atoms with Crippen LogP contribution in [0.4, 0.5) is 0 Å². The second kappa shape index (κ2) is 65.2. The molecule has 2 fully saturated rings. The van der Waals surface area contributed by atoms with Gasteiger partial charge in [0.2, 0.25) is 0 Å². The summed E-state index contributed by atoms with van der Waals surface area (Å²) in [5.41, 5.74) is -2.20. The van der Waals surface area contributed by atoms with Crippen molar-refractivity contribution in [2.24, 2.45) is 77.8 Å². The van der Waals surface area contributed by atoms with Gasteiger partial charge in [-0.25, -0.2) is 0 Å². The summed E-state index contributed by atoms with van der Waals surface area (Å²) in [5, 5.41) is 0. The van der Waals surface area contributed by atoms with E-state index >= 15 is 0 Å². The quantitative estimate of drug-likeness (QED) is 0.0606. The van der Waals surface area contributed by atoms with E-state index in [4.69, 9.17) is 42.6 Å². The van der Waals surface area contributed by atoms with E-state index in [-0.39, 0.29) is 139 Å². The first-order valence-electron chi connectivity index (χ1n) is 41.8. The van der Waals surface area contributed by atoms with Gasteiger partial charge in [0.15, 0.2) is 23.1 Å². The van der Waals surface area contributed by atoms with Crippen LogP contribution >= 0.6 is 0 Å². The van der Waals surface area contributed by atoms with E-state index in [2.05, 4.69) is 0 Å². The van der Waals surface area contributed by atoms with Gasteiger partial charge in [0.25, 0.3) is 0 Å². The topological polar surface area (TPSA) is 254 Å². The van der Waals surface area contributed by atoms with Crippen LogP contribution in [0.1, 0.15) is 354 Å². The number of carbonyl (C=O) groups excluding carboxylic acids is 10. The molecule has 4 unspecified atom stereocenters. The first-order valence-corrected chi connectivity index (χ1v) is 41.8. The first-order chi connectivity index (χ1) is 50.5. The zero-order valence-corrected chi connectivity index (χ0v) is 80.9. The molecule has 113 heavy (non-hydrogen) atoms. The lowest BCUT2D eigenvalue weighted by atomic mass is 9.76. The molecule has 0 aromatic heterocycles. The molecule has 2 aliphatic rings. The summed E-state index contributed by atoms with van der Waals surface area (Å²) in [7, 11) is 6.44. The molecule has 1 heterocycles. The van der Waals surface area contributed by atoms with Gasteiger partial charge >= 0.3 is 0 Å². The predicted molar refractivity (Wildman–Crippen MR) is 470 cm³/mol.